The Labute approximate surface area is 298 Å². The van der Waals surface area contributed by atoms with Crippen molar-refractivity contribution in [2.24, 2.45) is 5.92 Å². The topological polar surface area (TPSA) is 162 Å². The number of carbonyl (C=O) groups excluding carboxylic acids is 4. The van der Waals surface area contributed by atoms with Gasteiger partial charge in [-0.2, -0.15) is 8.78 Å². The van der Waals surface area contributed by atoms with Crippen molar-refractivity contribution >= 4 is 23.8 Å². The van der Waals surface area contributed by atoms with Gasteiger partial charge in [0, 0.05) is 45.7 Å². The first kappa shape index (κ1) is 40.1. The van der Waals surface area contributed by atoms with Crippen LogP contribution in [-0.2, 0) is 30.3 Å². The molecule has 2 heterocycles. The predicted molar refractivity (Wildman–Crippen MR) is 186 cm³/mol. The van der Waals surface area contributed by atoms with Crippen LogP contribution in [-0.4, -0.2) is 135 Å². The van der Waals surface area contributed by atoms with Gasteiger partial charge < -0.3 is 40.7 Å². The van der Waals surface area contributed by atoms with E-state index in [0.717, 1.165) is 37.7 Å². The van der Waals surface area contributed by atoms with Gasteiger partial charge in [-0.1, -0.05) is 68.5 Å². The standard InChI is InChI=1S/C36H54F2N6O7/c1-2-9-28(40-33(47)30(25-27-12-7-4-8-13-27)42-35(49)44-18-22-51-23-19-44)32(46)41-29(24-26-10-5-3-6-11-26)31(45)36(37,38)34(48)39-14-15-43-16-20-50-21-17-43/h2,4,7-8,12-13,26,28-31,45H,1,3,5-6,9-11,14-25H2,(H,39,48)(H,40,47)(H,41,46)(H,42,49)/t28-,29-,30?,31?/m0/s1. The van der Waals surface area contributed by atoms with E-state index < -0.39 is 53.9 Å². The number of benzene rings is 1. The van der Waals surface area contributed by atoms with E-state index in [0.29, 0.717) is 59.2 Å². The number of hydrogen-bond donors (Lipinski definition) is 5. The van der Waals surface area contributed by atoms with E-state index in [4.69, 9.17) is 9.47 Å². The molecule has 2 aliphatic heterocycles. The molecule has 2 saturated heterocycles. The first-order valence-electron chi connectivity index (χ1n) is 18.1. The SMILES string of the molecule is C=CC[C@H](NC(=O)C(Cc1ccccc1)NC(=O)N1CCOCC1)C(=O)N[C@@H](CC1CCCCC1)C(O)C(F)(F)C(=O)NCCN1CCOCC1. The largest absolute Gasteiger partial charge is 0.384 e. The fourth-order valence-corrected chi connectivity index (χ4v) is 6.73. The molecule has 0 spiro atoms. The van der Waals surface area contributed by atoms with Gasteiger partial charge in [-0.25, -0.2) is 4.79 Å². The van der Waals surface area contributed by atoms with E-state index >= 15 is 8.78 Å². The second kappa shape index (κ2) is 20.4. The molecule has 2 unspecified atom stereocenters. The third kappa shape index (κ3) is 12.5. The first-order chi connectivity index (χ1) is 24.6. The molecule has 1 aromatic rings. The van der Waals surface area contributed by atoms with Crippen LogP contribution in [0.2, 0.25) is 0 Å². The first-order valence-corrected chi connectivity index (χ1v) is 18.1. The van der Waals surface area contributed by atoms with Gasteiger partial charge in [0.1, 0.15) is 18.2 Å². The monoisotopic (exact) mass is 720 g/mol. The molecule has 1 aliphatic carbocycles. The fourth-order valence-electron chi connectivity index (χ4n) is 6.73. The second-order valence-electron chi connectivity index (χ2n) is 13.5. The summed E-state index contributed by atoms with van der Waals surface area (Å²) in [6.45, 7) is 7.75. The minimum absolute atomic E-state index is 0.0323. The van der Waals surface area contributed by atoms with E-state index in [1.165, 1.54) is 6.08 Å². The highest BCUT2D eigenvalue weighted by molar-refractivity contribution is 5.92. The van der Waals surface area contributed by atoms with Gasteiger partial charge in [0.05, 0.1) is 32.5 Å². The molecular formula is C36H54F2N6O7. The average molecular weight is 721 g/mol. The molecule has 51 heavy (non-hydrogen) atoms. The van der Waals surface area contributed by atoms with Crippen LogP contribution >= 0.6 is 0 Å². The zero-order valence-electron chi connectivity index (χ0n) is 29.3. The number of aliphatic hydroxyl groups excluding tert-OH is 1. The minimum Gasteiger partial charge on any atom is -0.384 e. The van der Waals surface area contributed by atoms with E-state index in [-0.39, 0.29) is 31.7 Å². The lowest BCUT2D eigenvalue weighted by atomic mass is 9.82. The van der Waals surface area contributed by atoms with Crippen molar-refractivity contribution in [2.75, 3.05) is 65.7 Å². The van der Waals surface area contributed by atoms with Gasteiger partial charge in [-0.15, -0.1) is 6.58 Å². The lowest BCUT2D eigenvalue weighted by molar-refractivity contribution is -0.168. The third-order valence-corrected chi connectivity index (χ3v) is 9.74. The molecule has 1 aromatic carbocycles. The summed E-state index contributed by atoms with van der Waals surface area (Å²) in [4.78, 5) is 56.9. The van der Waals surface area contributed by atoms with Crippen LogP contribution in [0, 0.1) is 5.92 Å². The number of urea groups is 1. The Kier molecular flexibility index (Phi) is 16.0. The van der Waals surface area contributed by atoms with Crippen LogP contribution < -0.4 is 21.3 Å². The molecule has 15 heteroatoms. The smallest absolute Gasteiger partial charge is 0.351 e. The van der Waals surface area contributed by atoms with Crippen molar-refractivity contribution in [3.63, 3.8) is 0 Å². The number of alkyl halides is 2. The number of ether oxygens (including phenoxy) is 2. The number of nitrogens with zero attached hydrogens (tertiary/aromatic N) is 2. The van der Waals surface area contributed by atoms with E-state index in [1.54, 1.807) is 17.0 Å². The molecule has 4 atom stereocenters. The van der Waals surface area contributed by atoms with Gasteiger partial charge in [-0.05, 0) is 24.3 Å². The maximum Gasteiger partial charge on any atom is 0.351 e. The number of amides is 5. The summed E-state index contributed by atoms with van der Waals surface area (Å²) in [7, 11) is 0. The Morgan fingerprint density at radius 3 is 2.18 bits per heavy atom. The van der Waals surface area contributed by atoms with Crippen LogP contribution in [0.3, 0.4) is 0 Å². The number of rotatable bonds is 17. The zero-order valence-corrected chi connectivity index (χ0v) is 29.3. The maximum atomic E-state index is 15.6. The third-order valence-electron chi connectivity index (χ3n) is 9.74. The summed E-state index contributed by atoms with van der Waals surface area (Å²) < 4.78 is 41.8. The quantitative estimate of drug-likeness (QED) is 0.152. The molecule has 0 aromatic heterocycles. The van der Waals surface area contributed by atoms with Crippen LogP contribution in [0.4, 0.5) is 13.6 Å². The Morgan fingerprint density at radius 2 is 1.53 bits per heavy atom. The van der Waals surface area contributed by atoms with Crippen molar-refractivity contribution in [2.45, 2.75) is 81.5 Å². The van der Waals surface area contributed by atoms with Gasteiger partial charge in [0.2, 0.25) is 11.8 Å². The highest BCUT2D eigenvalue weighted by atomic mass is 19.3. The van der Waals surface area contributed by atoms with Crippen molar-refractivity contribution in [3.05, 3.63) is 48.6 Å². The Hall–Kier alpha value is -3.66. The van der Waals surface area contributed by atoms with Crippen LogP contribution in [0.15, 0.2) is 43.0 Å². The summed E-state index contributed by atoms with van der Waals surface area (Å²) in [5, 5.41) is 21.3. The molecule has 1 saturated carbocycles. The lowest BCUT2D eigenvalue weighted by Crippen LogP contribution is -2.61. The molecule has 5 amide bonds. The van der Waals surface area contributed by atoms with Crippen molar-refractivity contribution in [1.29, 1.82) is 0 Å². The Morgan fingerprint density at radius 1 is 0.902 bits per heavy atom. The van der Waals surface area contributed by atoms with Gasteiger partial charge >= 0.3 is 12.0 Å². The van der Waals surface area contributed by atoms with Crippen molar-refractivity contribution < 1.29 is 42.5 Å². The van der Waals surface area contributed by atoms with Crippen LogP contribution in [0.1, 0.15) is 50.5 Å². The molecular weight excluding hydrogens is 666 g/mol. The normalized spacial score (nSPS) is 19.9. The average Bonchev–Trinajstić information content (AvgIpc) is 3.15. The number of hydrogen-bond acceptors (Lipinski definition) is 8. The van der Waals surface area contributed by atoms with Crippen molar-refractivity contribution in [1.82, 2.24) is 31.1 Å². The van der Waals surface area contributed by atoms with Gasteiger partial charge in [0.25, 0.3) is 5.91 Å². The maximum absolute atomic E-state index is 15.6. The van der Waals surface area contributed by atoms with Gasteiger partial charge in [-0.3, -0.25) is 19.3 Å². The highest BCUT2D eigenvalue weighted by Crippen LogP contribution is 2.31. The number of carbonyl (C=O) groups is 4. The molecule has 284 valence electrons. The second-order valence-corrected chi connectivity index (χ2v) is 13.5. The molecule has 0 radical (unpaired) electrons. The summed E-state index contributed by atoms with van der Waals surface area (Å²) in [6, 6.07) is 4.79. The highest BCUT2D eigenvalue weighted by Gasteiger charge is 2.51. The van der Waals surface area contributed by atoms with Crippen LogP contribution in [0.5, 0.6) is 0 Å². The van der Waals surface area contributed by atoms with E-state index in [9.17, 15) is 24.3 Å². The molecule has 13 nitrogen and oxygen atoms in total. The molecule has 0 bridgehead atoms. The number of nitrogens with one attached hydrogen (secondary N) is 4. The Balaban J connectivity index is 1.45. The number of morpholine rings is 2. The van der Waals surface area contributed by atoms with Gasteiger partial charge in [0.15, 0.2) is 0 Å². The minimum atomic E-state index is -4.21. The zero-order chi connectivity index (χ0) is 36.6. The predicted octanol–water partition coefficient (Wildman–Crippen LogP) is 1.60. The summed E-state index contributed by atoms with van der Waals surface area (Å²) in [5.41, 5.74) is 0.769. The molecule has 4 rings (SSSR count). The number of halogens is 2. The Bertz CT molecular complexity index is 1270. The van der Waals surface area contributed by atoms with E-state index in [2.05, 4.69) is 27.8 Å². The van der Waals surface area contributed by atoms with Crippen molar-refractivity contribution in [3.8, 4) is 0 Å². The lowest BCUT2D eigenvalue weighted by Gasteiger charge is -2.34. The molecule has 5 N–H and O–H groups in total. The molecule has 3 fully saturated rings. The van der Waals surface area contributed by atoms with E-state index in [1.807, 2.05) is 23.1 Å². The summed E-state index contributed by atoms with van der Waals surface area (Å²) >= 11 is 0. The summed E-state index contributed by atoms with van der Waals surface area (Å²) in [5.74, 6) is -7.35. The number of aliphatic hydroxyl groups is 1. The fraction of sp³-hybridized carbons (Fsp3) is 0.667. The molecule has 3 aliphatic rings. The summed E-state index contributed by atoms with van der Waals surface area (Å²) in [6.07, 6.45) is 3.28. The van der Waals surface area contributed by atoms with Crippen LogP contribution in [0.25, 0.3) is 0 Å².